The maximum atomic E-state index is 12.3. The van der Waals surface area contributed by atoms with Crippen molar-refractivity contribution in [3.63, 3.8) is 0 Å². The van der Waals surface area contributed by atoms with Crippen molar-refractivity contribution in [2.24, 2.45) is 11.3 Å². The van der Waals surface area contributed by atoms with E-state index in [1.54, 1.807) is 6.08 Å². The quantitative estimate of drug-likeness (QED) is 0.851. The summed E-state index contributed by atoms with van der Waals surface area (Å²) in [4.78, 5) is 12.3. The van der Waals surface area contributed by atoms with Crippen LogP contribution < -0.4 is 5.32 Å². The lowest BCUT2D eigenvalue weighted by Gasteiger charge is -2.34. The monoisotopic (exact) mass is 287 g/mol. The molecule has 3 nitrogen and oxygen atoms in total. The molecule has 2 aliphatic rings. The van der Waals surface area contributed by atoms with Gasteiger partial charge < -0.3 is 9.73 Å². The van der Waals surface area contributed by atoms with E-state index in [0.717, 1.165) is 29.9 Å². The first-order chi connectivity index (χ1) is 9.84. The van der Waals surface area contributed by atoms with Gasteiger partial charge in [0.2, 0.25) is 5.91 Å². The van der Waals surface area contributed by atoms with Crippen molar-refractivity contribution >= 4 is 5.91 Å². The number of aryl methyl sites for hydroxylation is 1. The molecule has 1 atom stereocenters. The van der Waals surface area contributed by atoms with E-state index in [0.29, 0.717) is 5.92 Å². The van der Waals surface area contributed by atoms with Crippen LogP contribution in [-0.2, 0) is 11.2 Å². The second-order valence-electron chi connectivity index (χ2n) is 7.50. The Morgan fingerprint density at radius 2 is 2.14 bits per heavy atom. The van der Waals surface area contributed by atoms with E-state index >= 15 is 0 Å². The molecule has 1 N–H and O–H groups in total. The van der Waals surface area contributed by atoms with Gasteiger partial charge in [-0.3, -0.25) is 4.79 Å². The van der Waals surface area contributed by atoms with Crippen molar-refractivity contribution in [3.05, 3.63) is 34.8 Å². The van der Waals surface area contributed by atoms with Crippen LogP contribution in [0.15, 0.2) is 22.1 Å². The summed E-state index contributed by atoms with van der Waals surface area (Å²) < 4.78 is 5.82. The molecule has 1 aromatic rings. The van der Waals surface area contributed by atoms with E-state index in [9.17, 15) is 4.79 Å². The second-order valence-corrected chi connectivity index (χ2v) is 7.50. The minimum absolute atomic E-state index is 0.0342. The highest BCUT2D eigenvalue weighted by Crippen LogP contribution is 2.42. The molecule has 0 unspecified atom stereocenters. The number of fused-ring (bicyclic) bond motifs is 1. The van der Waals surface area contributed by atoms with Crippen molar-refractivity contribution in [1.82, 2.24) is 5.32 Å². The Morgan fingerprint density at radius 1 is 1.43 bits per heavy atom. The van der Waals surface area contributed by atoms with Crippen LogP contribution in [0, 0.1) is 18.3 Å². The molecule has 0 radical (unpaired) electrons. The Kier molecular flexibility index (Phi) is 3.46. The summed E-state index contributed by atoms with van der Waals surface area (Å²) >= 11 is 0. The summed E-state index contributed by atoms with van der Waals surface area (Å²) in [7, 11) is 0. The normalized spacial score (nSPS) is 24.6. The van der Waals surface area contributed by atoms with Gasteiger partial charge in [-0.05, 0) is 50.5 Å². The molecule has 3 heteroatoms. The van der Waals surface area contributed by atoms with E-state index in [-0.39, 0.29) is 17.4 Å². The van der Waals surface area contributed by atoms with Crippen molar-refractivity contribution < 1.29 is 9.21 Å². The highest BCUT2D eigenvalue weighted by Gasteiger charge is 2.35. The Labute approximate surface area is 126 Å². The van der Waals surface area contributed by atoms with Gasteiger partial charge in [-0.1, -0.05) is 19.4 Å². The number of allylic oxidation sites excluding steroid dienone is 1. The number of hydrogen-bond acceptors (Lipinski definition) is 2. The van der Waals surface area contributed by atoms with Crippen LogP contribution in [0.3, 0.4) is 0 Å². The van der Waals surface area contributed by atoms with Crippen molar-refractivity contribution in [2.45, 2.75) is 59.4 Å². The van der Waals surface area contributed by atoms with Gasteiger partial charge in [0.15, 0.2) is 0 Å². The molecule has 0 spiro atoms. The molecule has 0 aromatic carbocycles. The van der Waals surface area contributed by atoms with Gasteiger partial charge in [-0.25, -0.2) is 0 Å². The number of amides is 1. The number of hydrogen-bond donors (Lipinski definition) is 1. The summed E-state index contributed by atoms with van der Waals surface area (Å²) in [5.74, 6) is 2.65. The fourth-order valence-electron chi connectivity index (χ4n) is 3.39. The van der Waals surface area contributed by atoms with Gasteiger partial charge in [0.25, 0.3) is 0 Å². The minimum Gasteiger partial charge on any atom is -0.466 e. The van der Waals surface area contributed by atoms with Gasteiger partial charge in [0.05, 0.1) is 6.04 Å². The Balaban J connectivity index is 1.77. The summed E-state index contributed by atoms with van der Waals surface area (Å²) in [6.45, 7) is 8.51. The molecule has 1 aromatic heterocycles. The number of rotatable bonds is 3. The third-order valence-corrected chi connectivity index (χ3v) is 4.63. The fraction of sp³-hybridized carbons (Fsp3) is 0.611. The molecular formula is C18H25NO2. The lowest BCUT2D eigenvalue weighted by molar-refractivity contribution is -0.117. The van der Waals surface area contributed by atoms with Crippen LogP contribution in [0.2, 0.25) is 0 Å². The molecule has 0 aliphatic heterocycles. The molecule has 1 fully saturated rings. The van der Waals surface area contributed by atoms with Crippen molar-refractivity contribution in [1.29, 1.82) is 0 Å². The Morgan fingerprint density at radius 3 is 2.81 bits per heavy atom. The van der Waals surface area contributed by atoms with E-state index in [1.807, 2.05) is 6.92 Å². The molecule has 21 heavy (non-hydrogen) atoms. The van der Waals surface area contributed by atoms with Crippen LogP contribution in [0.5, 0.6) is 0 Å². The molecule has 0 bridgehead atoms. The average Bonchev–Trinajstić information content (AvgIpc) is 3.11. The standard InChI is InChI=1S/C18H25NO2/c1-11(13-5-6-13)7-17(20)19-15-9-18(3,4)10-16-14(15)8-12(2)21-16/h7-8,13,15H,5-6,9-10H2,1-4H3,(H,19,20)/b11-7+/t15-/m1/s1. The van der Waals surface area contributed by atoms with Crippen LogP contribution in [0.25, 0.3) is 0 Å². The fourth-order valence-corrected chi connectivity index (χ4v) is 3.39. The molecule has 1 saturated carbocycles. The molecule has 1 heterocycles. The third-order valence-electron chi connectivity index (χ3n) is 4.63. The summed E-state index contributed by atoms with van der Waals surface area (Å²) in [5, 5.41) is 3.18. The van der Waals surface area contributed by atoms with Gasteiger partial charge in [-0.15, -0.1) is 0 Å². The predicted molar refractivity (Wildman–Crippen MR) is 82.9 cm³/mol. The first-order valence-electron chi connectivity index (χ1n) is 7.92. The molecular weight excluding hydrogens is 262 g/mol. The zero-order chi connectivity index (χ0) is 15.2. The number of carbonyl (C=O) groups excluding carboxylic acids is 1. The predicted octanol–water partition coefficient (Wildman–Crippen LogP) is 4.07. The van der Waals surface area contributed by atoms with Gasteiger partial charge in [-0.2, -0.15) is 0 Å². The minimum atomic E-state index is 0.0342. The molecule has 114 valence electrons. The van der Waals surface area contributed by atoms with Crippen molar-refractivity contribution in [2.75, 3.05) is 0 Å². The van der Waals surface area contributed by atoms with E-state index in [2.05, 4.69) is 32.2 Å². The van der Waals surface area contributed by atoms with Gasteiger partial charge >= 0.3 is 0 Å². The maximum Gasteiger partial charge on any atom is 0.244 e. The highest BCUT2D eigenvalue weighted by atomic mass is 16.3. The first-order valence-corrected chi connectivity index (χ1v) is 7.92. The van der Waals surface area contributed by atoms with Crippen LogP contribution in [0.1, 0.15) is 63.2 Å². The SMILES string of the molecule is C/C(=C\C(=O)N[C@@H]1CC(C)(C)Cc2oc(C)cc21)C1CC1. The lowest BCUT2D eigenvalue weighted by atomic mass is 9.74. The third kappa shape index (κ3) is 3.22. The molecule has 3 rings (SSSR count). The smallest absolute Gasteiger partial charge is 0.244 e. The van der Waals surface area contributed by atoms with E-state index in [4.69, 9.17) is 4.42 Å². The van der Waals surface area contributed by atoms with E-state index in [1.165, 1.54) is 18.4 Å². The van der Waals surface area contributed by atoms with Crippen molar-refractivity contribution in [3.8, 4) is 0 Å². The number of furan rings is 1. The van der Waals surface area contributed by atoms with Crippen LogP contribution in [-0.4, -0.2) is 5.91 Å². The summed E-state index contributed by atoms with van der Waals surface area (Å²) in [6, 6.07) is 2.14. The number of carbonyl (C=O) groups is 1. The largest absolute Gasteiger partial charge is 0.466 e. The van der Waals surface area contributed by atoms with Crippen LogP contribution >= 0.6 is 0 Å². The summed E-state index contributed by atoms with van der Waals surface area (Å²) in [6.07, 6.45) is 6.15. The summed E-state index contributed by atoms with van der Waals surface area (Å²) in [5.41, 5.74) is 2.54. The van der Waals surface area contributed by atoms with Gasteiger partial charge in [0, 0.05) is 18.1 Å². The lowest BCUT2D eigenvalue weighted by Crippen LogP contribution is -2.35. The Bertz CT molecular complexity index is 590. The first kappa shape index (κ1) is 14.4. The second kappa shape index (κ2) is 5.04. The van der Waals surface area contributed by atoms with E-state index < -0.39 is 0 Å². The molecule has 1 amide bonds. The highest BCUT2D eigenvalue weighted by molar-refractivity contribution is 5.88. The maximum absolute atomic E-state index is 12.3. The zero-order valence-corrected chi connectivity index (χ0v) is 13.5. The van der Waals surface area contributed by atoms with Crippen LogP contribution in [0.4, 0.5) is 0 Å². The molecule has 0 saturated heterocycles. The zero-order valence-electron chi connectivity index (χ0n) is 13.5. The topological polar surface area (TPSA) is 42.2 Å². The molecule has 2 aliphatic carbocycles. The van der Waals surface area contributed by atoms with Gasteiger partial charge in [0.1, 0.15) is 11.5 Å². The average molecular weight is 287 g/mol. The number of nitrogens with one attached hydrogen (secondary N) is 1. The Hall–Kier alpha value is -1.51.